The number of H-pyrrole nitrogens is 1. The summed E-state index contributed by atoms with van der Waals surface area (Å²) in [6.45, 7) is -1.36. The SMILES string of the molecule is O=C(NC1CCCN(c2ccc(OC(F)F)cc2)C1)c1cn[nH]n1. The Labute approximate surface area is 137 Å². The molecular weight excluding hydrogens is 320 g/mol. The molecule has 0 radical (unpaired) electrons. The van der Waals surface area contributed by atoms with Crippen LogP contribution >= 0.6 is 0 Å². The van der Waals surface area contributed by atoms with Gasteiger partial charge < -0.3 is 15.0 Å². The Hall–Kier alpha value is -2.71. The van der Waals surface area contributed by atoms with Gasteiger partial charge in [0.2, 0.25) is 0 Å². The fourth-order valence-corrected chi connectivity index (χ4v) is 2.74. The zero-order chi connectivity index (χ0) is 16.9. The van der Waals surface area contributed by atoms with Crippen molar-refractivity contribution < 1.29 is 18.3 Å². The van der Waals surface area contributed by atoms with Crippen molar-refractivity contribution >= 4 is 11.6 Å². The van der Waals surface area contributed by atoms with Crippen molar-refractivity contribution in [2.24, 2.45) is 0 Å². The summed E-state index contributed by atoms with van der Waals surface area (Å²) in [6.07, 6.45) is 3.16. The number of halogens is 2. The number of hydrogen-bond donors (Lipinski definition) is 2. The van der Waals surface area contributed by atoms with Gasteiger partial charge in [-0.05, 0) is 37.1 Å². The minimum absolute atomic E-state index is 0.0139. The number of aromatic nitrogens is 3. The van der Waals surface area contributed by atoms with Crippen molar-refractivity contribution in [3.63, 3.8) is 0 Å². The van der Waals surface area contributed by atoms with E-state index in [1.807, 2.05) is 0 Å². The quantitative estimate of drug-likeness (QED) is 0.869. The van der Waals surface area contributed by atoms with Gasteiger partial charge in [-0.15, -0.1) is 0 Å². The Kier molecular flexibility index (Phi) is 4.88. The Morgan fingerprint density at radius 1 is 1.38 bits per heavy atom. The van der Waals surface area contributed by atoms with Crippen molar-refractivity contribution in [3.8, 4) is 5.75 Å². The molecule has 0 saturated carbocycles. The first kappa shape index (κ1) is 16.2. The van der Waals surface area contributed by atoms with Crippen molar-refractivity contribution in [2.75, 3.05) is 18.0 Å². The average molecular weight is 337 g/mol. The van der Waals surface area contributed by atoms with Gasteiger partial charge in [-0.2, -0.15) is 24.2 Å². The third-order valence-electron chi connectivity index (χ3n) is 3.83. The van der Waals surface area contributed by atoms with E-state index in [4.69, 9.17) is 0 Å². The molecule has 9 heteroatoms. The van der Waals surface area contributed by atoms with Crippen molar-refractivity contribution in [1.29, 1.82) is 0 Å². The first-order valence-electron chi connectivity index (χ1n) is 7.58. The number of piperidine rings is 1. The van der Waals surface area contributed by atoms with E-state index in [1.54, 1.807) is 12.1 Å². The summed E-state index contributed by atoms with van der Waals surface area (Å²) < 4.78 is 28.7. The number of ether oxygens (including phenoxy) is 1. The van der Waals surface area contributed by atoms with Crippen LogP contribution in [0, 0.1) is 0 Å². The number of carbonyl (C=O) groups is 1. The van der Waals surface area contributed by atoms with E-state index in [0.29, 0.717) is 6.54 Å². The number of carbonyl (C=O) groups excluding carboxylic acids is 1. The Bertz CT molecular complexity index is 663. The lowest BCUT2D eigenvalue weighted by Gasteiger charge is -2.34. The van der Waals surface area contributed by atoms with Crippen LogP contribution in [0.25, 0.3) is 0 Å². The van der Waals surface area contributed by atoms with Crippen molar-refractivity contribution in [1.82, 2.24) is 20.7 Å². The maximum Gasteiger partial charge on any atom is 0.387 e. The molecule has 2 aromatic rings. The van der Waals surface area contributed by atoms with E-state index in [1.165, 1.54) is 18.3 Å². The van der Waals surface area contributed by atoms with E-state index in [9.17, 15) is 13.6 Å². The first-order valence-corrected chi connectivity index (χ1v) is 7.58. The average Bonchev–Trinajstić information content (AvgIpc) is 3.10. The van der Waals surface area contributed by atoms with E-state index >= 15 is 0 Å². The minimum Gasteiger partial charge on any atom is -0.435 e. The number of alkyl halides is 2. The number of benzene rings is 1. The second-order valence-electron chi connectivity index (χ2n) is 5.49. The highest BCUT2D eigenvalue weighted by Gasteiger charge is 2.23. The molecule has 0 bridgehead atoms. The molecule has 1 aromatic carbocycles. The second kappa shape index (κ2) is 7.24. The predicted octanol–water partition coefficient (Wildman–Crippen LogP) is 1.80. The van der Waals surface area contributed by atoms with Crippen LogP contribution in [0.4, 0.5) is 14.5 Å². The number of amides is 1. The molecule has 128 valence electrons. The van der Waals surface area contributed by atoms with Gasteiger partial charge in [-0.3, -0.25) is 4.79 Å². The van der Waals surface area contributed by atoms with E-state index in [-0.39, 0.29) is 23.4 Å². The van der Waals surface area contributed by atoms with E-state index in [2.05, 4.69) is 30.4 Å². The van der Waals surface area contributed by atoms with Crippen LogP contribution in [0.5, 0.6) is 5.75 Å². The van der Waals surface area contributed by atoms with Crippen LogP contribution < -0.4 is 15.0 Å². The Morgan fingerprint density at radius 3 is 2.83 bits per heavy atom. The van der Waals surface area contributed by atoms with Crippen molar-refractivity contribution in [3.05, 3.63) is 36.2 Å². The van der Waals surface area contributed by atoms with Crippen LogP contribution in [0.2, 0.25) is 0 Å². The summed E-state index contributed by atoms with van der Waals surface area (Å²) >= 11 is 0. The van der Waals surface area contributed by atoms with Gasteiger partial charge in [0.1, 0.15) is 5.75 Å². The molecule has 1 aliphatic heterocycles. The number of hydrogen-bond acceptors (Lipinski definition) is 5. The van der Waals surface area contributed by atoms with Crippen LogP contribution in [-0.2, 0) is 0 Å². The smallest absolute Gasteiger partial charge is 0.387 e. The maximum absolute atomic E-state index is 12.2. The standard InChI is InChI=1S/C15H17F2N5O2/c16-15(17)24-12-5-3-11(4-6-12)22-7-1-2-10(9-22)19-14(23)13-8-18-21-20-13/h3-6,8,10,15H,1-2,7,9H2,(H,19,23)(H,18,20,21). The molecule has 7 nitrogen and oxygen atoms in total. The van der Waals surface area contributed by atoms with Crippen LogP contribution in [-0.4, -0.2) is 47.1 Å². The maximum atomic E-state index is 12.2. The summed E-state index contributed by atoms with van der Waals surface area (Å²) in [5.41, 5.74) is 1.15. The minimum atomic E-state index is -2.83. The third-order valence-corrected chi connectivity index (χ3v) is 3.83. The molecule has 2 N–H and O–H groups in total. The highest BCUT2D eigenvalue weighted by atomic mass is 19.3. The Balaban J connectivity index is 1.59. The van der Waals surface area contributed by atoms with Gasteiger partial charge in [-0.1, -0.05) is 0 Å². The van der Waals surface area contributed by atoms with Gasteiger partial charge in [0.15, 0.2) is 5.69 Å². The zero-order valence-electron chi connectivity index (χ0n) is 12.8. The number of aromatic amines is 1. The van der Waals surface area contributed by atoms with Gasteiger partial charge in [-0.25, -0.2) is 0 Å². The molecular formula is C15H17F2N5O2. The fourth-order valence-electron chi connectivity index (χ4n) is 2.74. The monoisotopic (exact) mass is 337 g/mol. The summed E-state index contributed by atoms with van der Waals surface area (Å²) in [6, 6.07) is 6.48. The van der Waals surface area contributed by atoms with Crippen LogP contribution in [0.1, 0.15) is 23.3 Å². The molecule has 1 aliphatic rings. The highest BCUT2D eigenvalue weighted by molar-refractivity contribution is 5.92. The lowest BCUT2D eigenvalue weighted by molar-refractivity contribution is -0.0498. The van der Waals surface area contributed by atoms with E-state index < -0.39 is 6.61 Å². The molecule has 24 heavy (non-hydrogen) atoms. The summed E-state index contributed by atoms with van der Waals surface area (Å²) in [5, 5.41) is 12.7. The lowest BCUT2D eigenvalue weighted by Crippen LogP contribution is -2.47. The molecule has 3 rings (SSSR count). The summed E-state index contributed by atoms with van der Waals surface area (Å²) in [5.74, 6) is -0.141. The highest BCUT2D eigenvalue weighted by Crippen LogP contribution is 2.23. The Morgan fingerprint density at radius 2 is 2.17 bits per heavy atom. The molecule has 1 saturated heterocycles. The number of nitrogens with zero attached hydrogens (tertiary/aromatic N) is 3. The normalized spacial score (nSPS) is 17.8. The molecule has 1 atom stereocenters. The number of rotatable bonds is 5. The van der Waals surface area contributed by atoms with Gasteiger partial charge >= 0.3 is 6.61 Å². The largest absolute Gasteiger partial charge is 0.435 e. The molecule has 1 amide bonds. The molecule has 1 aromatic heterocycles. The molecule has 1 fully saturated rings. The van der Waals surface area contributed by atoms with Crippen LogP contribution in [0.3, 0.4) is 0 Å². The zero-order valence-corrected chi connectivity index (χ0v) is 12.8. The second-order valence-corrected chi connectivity index (χ2v) is 5.49. The molecule has 0 spiro atoms. The summed E-state index contributed by atoms with van der Waals surface area (Å²) in [7, 11) is 0. The van der Waals surface area contributed by atoms with Gasteiger partial charge in [0.25, 0.3) is 5.91 Å². The summed E-state index contributed by atoms with van der Waals surface area (Å²) in [4.78, 5) is 14.1. The topological polar surface area (TPSA) is 83.1 Å². The number of anilines is 1. The van der Waals surface area contributed by atoms with Crippen molar-refractivity contribution in [2.45, 2.75) is 25.5 Å². The molecule has 2 heterocycles. The molecule has 1 unspecified atom stereocenters. The third kappa shape index (κ3) is 3.98. The predicted molar refractivity (Wildman–Crippen MR) is 82.2 cm³/mol. The van der Waals surface area contributed by atoms with Gasteiger partial charge in [0.05, 0.1) is 6.20 Å². The van der Waals surface area contributed by atoms with Crippen LogP contribution in [0.15, 0.2) is 30.5 Å². The van der Waals surface area contributed by atoms with E-state index in [0.717, 1.165) is 25.1 Å². The lowest BCUT2D eigenvalue weighted by atomic mass is 10.0. The fraction of sp³-hybridized carbons (Fsp3) is 0.400. The molecule has 0 aliphatic carbocycles. The first-order chi connectivity index (χ1) is 11.6. The van der Waals surface area contributed by atoms with Gasteiger partial charge in [0, 0.05) is 24.8 Å². The number of nitrogens with one attached hydrogen (secondary N) is 2.